The highest BCUT2D eigenvalue weighted by Crippen LogP contribution is 2.29. The number of aryl methyl sites for hydroxylation is 2. The molecular weight excluding hydrogens is 569 g/mol. The normalized spacial score (nSPS) is 12.1. The van der Waals surface area contributed by atoms with Crippen molar-refractivity contribution >= 4 is 50.7 Å². The number of carbonyl (C=O) groups excluding carboxylic acids is 2. The van der Waals surface area contributed by atoms with E-state index in [1.807, 2.05) is 26.8 Å². The van der Waals surface area contributed by atoms with Crippen molar-refractivity contribution in [2.24, 2.45) is 0 Å². The molecule has 0 aliphatic heterocycles. The van der Waals surface area contributed by atoms with Gasteiger partial charge in [0.05, 0.1) is 20.6 Å². The fourth-order valence-electron chi connectivity index (χ4n) is 4.44. The smallest absolute Gasteiger partial charge is 0.264 e. The van der Waals surface area contributed by atoms with E-state index >= 15 is 0 Å². The van der Waals surface area contributed by atoms with Crippen LogP contribution in [0.15, 0.2) is 71.6 Å². The van der Waals surface area contributed by atoms with Crippen molar-refractivity contribution in [3.8, 4) is 0 Å². The fraction of sp³-hybridized carbons (Fsp3) is 0.333. The summed E-state index contributed by atoms with van der Waals surface area (Å²) in [6.07, 6.45) is 1.07. The molecule has 10 heteroatoms. The summed E-state index contributed by atoms with van der Waals surface area (Å²) in [4.78, 5) is 28.8. The molecule has 0 aliphatic rings. The van der Waals surface area contributed by atoms with E-state index in [2.05, 4.69) is 5.32 Å². The Labute approximate surface area is 247 Å². The number of halogens is 2. The van der Waals surface area contributed by atoms with E-state index in [0.29, 0.717) is 39.8 Å². The van der Waals surface area contributed by atoms with Crippen LogP contribution >= 0.6 is 23.2 Å². The van der Waals surface area contributed by atoms with Crippen molar-refractivity contribution in [2.75, 3.05) is 17.4 Å². The number of amides is 2. The van der Waals surface area contributed by atoms with Crippen LogP contribution in [-0.2, 0) is 26.2 Å². The van der Waals surface area contributed by atoms with Gasteiger partial charge in [0.2, 0.25) is 11.8 Å². The number of hydrogen-bond acceptors (Lipinski definition) is 4. The highest BCUT2D eigenvalue weighted by atomic mass is 35.5. The molecule has 3 aromatic carbocycles. The molecule has 3 aromatic rings. The average Bonchev–Trinajstić information content (AvgIpc) is 2.93. The van der Waals surface area contributed by atoms with Gasteiger partial charge in [-0.1, -0.05) is 79.0 Å². The van der Waals surface area contributed by atoms with Gasteiger partial charge in [0.1, 0.15) is 12.6 Å². The molecule has 0 fully saturated rings. The third-order valence-electron chi connectivity index (χ3n) is 6.50. The van der Waals surface area contributed by atoms with Crippen molar-refractivity contribution in [3.05, 3.63) is 93.5 Å². The minimum atomic E-state index is -4.12. The highest BCUT2D eigenvalue weighted by Gasteiger charge is 2.34. The molecule has 214 valence electrons. The first-order chi connectivity index (χ1) is 19.0. The Morgan fingerprint density at radius 1 is 0.925 bits per heavy atom. The second-order valence-electron chi connectivity index (χ2n) is 9.60. The first kappa shape index (κ1) is 31.5. The van der Waals surface area contributed by atoms with Crippen LogP contribution < -0.4 is 9.62 Å². The Bertz CT molecular complexity index is 1450. The third-order valence-corrected chi connectivity index (χ3v) is 9.02. The Morgan fingerprint density at radius 3 is 2.23 bits per heavy atom. The zero-order valence-corrected chi connectivity index (χ0v) is 25.5. The maximum absolute atomic E-state index is 14.1. The Balaban J connectivity index is 2.09. The number of rotatable bonds is 12. The minimum Gasteiger partial charge on any atom is -0.354 e. The molecule has 0 spiro atoms. The molecular formula is C30H35Cl2N3O4S. The lowest BCUT2D eigenvalue weighted by Gasteiger charge is -2.33. The maximum atomic E-state index is 14.1. The van der Waals surface area contributed by atoms with Gasteiger partial charge in [-0.25, -0.2) is 8.42 Å². The minimum absolute atomic E-state index is 0.0415. The third kappa shape index (κ3) is 7.56. The molecule has 1 atom stereocenters. The molecule has 0 bridgehead atoms. The number of nitrogens with zero attached hydrogens (tertiary/aromatic N) is 2. The number of benzene rings is 3. The monoisotopic (exact) mass is 603 g/mol. The van der Waals surface area contributed by atoms with E-state index < -0.39 is 28.5 Å². The SMILES string of the molecule is CCCNC(=O)[C@H](CC)N(Cc1ccc(Cl)c(Cl)c1)C(=O)CN(c1ccc(C)cc1C)S(=O)(=O)c1ccccc1. The van der Waals surface area contributed by atoms with Crippen LogP contribution in [0, 0.1) is 13.8 Å². The lowest BCUT2D eigenvalue weighted by molar-refractivity contribution is -0.140. The predicted molar refractivity (Wildman–Crippen MR) is 161 cm³/mol. The van der Waals surface area contributed by atoms with Gasteiger partial charge in [0, 0.05) is 13.1 Å². The summed E-state index contributed by atoms with van der Waals surface area (Å²) in [6.45, 7) is 7.48. The number of carbonyl (C=O) groups is 2. The topological polar surface area (TPSA) is 86.8 Å². The van der Waals surface area contributed by atoms with Gasteiger partial charge in [-0.2, -0.15) is 0 Å². The molecule has 0 unspecified atom stereocenters. The summed E-state index contributed by atoms with van der Waals surface area (Å²) in [6, 6.07) is 17.5. The van der Waals surface area contributed by atoms with Gasteiger partial charge in [0.25, 0.3) is 10.0 Å². The maximum Gasteiger partial charge on any atom is 0.264 e. The van der Waals surface area contributed by atoms with Gasteiger partial charge in [-0.3, -0.25) is 13.9 Å². The Hall–Kier alpha value is -3.07. The standard InChI is InChI=1S/C30H35Cl2N3O4S/c1-5-16-33-30(37)27(6-2)34(19-23-13-14-25(31)26(32)18-23)29(36)20-35(28-15-12-21(3)17-22(28)4)40(38,39)24-10-8-7-9-11-24/h7-15,17-18,27H,5-6,16,19-20H2,1-4H3,(H,33,37)/t27-/m0/s1. The molecule has 3 rings (SSSR count). The zero-order valence-electron chi connectivity index (χ0n) is 23.2. The number of nitrogens with one attached hydrogen (secondary N) is 1. The number of hydrogen-bond donors (Lipinski definition) is 1. The van der Waals surface area contributed by atoms with Gasteiger partial charge in [-0.05, 0) is 68.1 Å². The zero-order chi connectivity index (χ0) is 29.4. The molecule has 0 heterocycles. The molecule has 40 heavy (non-hydrogen) atoms. The lowest BCUT2D eigenvalue weighted by atomic mass is 10.1. The van der Waals surface area contributed by atoms with E-state index in [1.54, 1.807) is 55.5 Å². The summed E-state index contributed by atoms with van der Waals surface area (Å²) in [5.41, 5.74) is 2.72. The molecule has 0 aromatic heterocycles. The quantitative estimate of drug-likeness (QED) is 0.269. The summed E-state index contributed by atoms with van der Waals surface area (Å²) in [5.74, 6) is -0.828. The average molecular weight is 605 g/mol. The molecule has 2 amide bonds. The Morgan fingerprint density at radius 2 is 1.62 bits per heavy atom. The van der Waals surface area contributed by atoms with Crippen LogP contribution in [0.25, 0.3) is 0 Å². The van der Waals surface area contributed by atoms with Gasteiger partial charge >= 0.3 is 0 Å². The summed E-state index contributed by atoms with van der Waals surface area (Å²) in [7, 11) is -4.12. The Kier molecular flexibility index (Phi) is 11.0. The summed E-state index contributed by atoms with van der Waals surface area (Å²) in [5, 5.41) is 3.55. The van der Waals surface area contributed by atoms with Crippen LogP contribution in [0.2, 0.25) is 10.0 Å². The molecule has 0 saturated heterocycles. The van der Waals surface area contributed by atoms with Gasteiger partial charge in [-0.15, -0.1) is 0 Å². The van der Waals surface area contributed by atoms with Crippen molar-refractivity contribution in [1.82, 2.24) is 10.2 Å². The number of anilines is 1. The van der Waals surface area contributed by atoms with Gasteiger partial charge in [0.15, 0.2) is 0 Å². The van der Waals surface area contributed by atoms with E-state index in [4.69, 9.17) is 23.2 Å². The van der Waals surface area contributed by atoms with Crippen molar-refractivity contribution in [3.63, 3.8) is 0 Å². The van der Waals surface area contributed by atoms with Crippen LogP contribution in [0.3, 0.4) is 0 Å². The number of sulfonamides is 1. The molecule has 0 radical (unpaired) electrons. The van der Waals surface area contributed by atoms with E-state index in [9.17, 15) is 18.0 Å². The van der Waals surface area contributed by atoms with E-state index in [-0.39, 0.29) is 17.3 Å². The summed E-state index contributed by atoms with van der Waals surface area (Å²) < 4.78 is 29.0. The fourth-order valence-corrected chi connectivity index (χ4v) is 6.26. The largest absolute Gasteiger partial charge is 0.354 e. The predicted octanol–water partition coefficient (Wildman–Crippen LogP) is 6.14. The summed E-state index contributed by atoms with van der Waals surface area (Å²) >= 11 is 12.3. The first-order valence-electron chi connectivity index (χ1n) is 13.2. The van der Waals surface area contributed by atoms with E-state index in [1.165, 1.54) is 17.0 Å². The molecule has 1 N–H and O–H groups in total. The van der Waals surface area contributed by atoms with Crippen LogP contribution in [0.1, 0.15) is 43.4 Å². The molecule has 0 saturated carbocycles. The van der Waals surface area contributed by atoms with E-state index in [0.717, 1.165) is 16.3 Å². The highest BCUT2D eigenvalue weighted by molar-refractivity contribution is 7.92. The lowest BCUT2D eigenvalue weighted by Crippen LogP contribution is -2.52. The first-order valence-corrected chi connectivity index (χ1v) is 15.3. The van der Waals surface area contributed by atoms with Crippen molar-refractivity contribution in [1.29, 1.82) is 0 Å². The second-order valence-corrected chi connectivity index (χ2v) is 12.3. The van der Waals surface area contributed by atoms with Crippen LogP contribution in [0.4, 0.5) is 5.69 Å². The second kappa shape index (κ2) is 14.0. The molecule has 0 aliphatic carbocycles. The van der Waals surface area contributed by atoms with Gasteiger partial charge < -0.3 is 10.2 Å². The van der Waals surface area contributed by atoms with Crippen LogP contribution in [0.5, 0.6) is 0 Å². The molecule has 7 nitrogen and oxygen atoms in total. The van der Waals surface area contributed by atoms with Crippen molar-refractivity contribution < 1.29 is 18.0 Å². The van der Waals surface area contributed by atoms with Crippen molar-refractivity contribution in [2.45, 2.75) is 58.0 Å². The van der Waals surface area contributed by atoms with Crippen LogP contribution in [-0.4, -0.2) is 44.3 Å².